The van der Waals surface area contributed by atoms with Gasteiger partial charge in [-0.05, 0) is 16.6 Å². The number of nitrogens with zero attached hydrogens (tertiary/aromatic N) is 1. The van der Waals surface area contributed by atoms with Crippen LogP contribution in [0.2, 0.25) is 0 Å². The zero-order chi connectivity index (χ0) is 13.0. The molecule has 3 aromatic rings. The van der Waals surface area contributed by atoms with Crippen LogP contribution in [0.4, 0.5) is 5.69 Å². The van der Waals surface area contributed by atoms with Crippen molar-refractivity contribution in [3.63, 3.8) is 0 Å². The van der Waals surface area contributed by atoms with E-state index in [9.17, 15) is 0 Å². The number of hydrogen-bond acceptors (Lipinski definition) is 1. The quantitative estimate of drug-likeness (QED) is 0.308. The molecule has 0 saturated heterocycles. The predicted octanol–water partition coefficient (Wildman–Crippen LogP) is 4.79. The van der Waals surface area contributed by atoms with Crippen molar-refractivity contribution < 1.29 is 0 Å². The Morgan fingerprint density at radius 3 is 2.45 bits per heavy atom. The van der Waals surface area contributed by atoms with Crippen molar-refractivity contribution in [2.24, 2.45) is 4.99 Å². The summed E-state index contributed by atoms with van der Waals surface area (Å²) in [6.07, 6.45) is 2.06. The molecule has 0 bridgehead atoms. The number of aliphatic imine (C=N–C) groups is 1. The summed E-state index contributed by atoms with van der Waals surface area (Å²) in [7, 11) is 0. The summed E-state index contributed by atoms with van der Waals surface area (Å²) in [5.74, 6) is 0. The van der Waals surface area contributed by atoms with Gasteiger partial charge >= 0.3 is 0 Å². The van der Waals surface area contributed by atoms with Gasteiger partial charge in [-0.15, -0.1) is 29.7 Å². The summed E-state index contributed by atoms with van der Waals surface area (Å²) in [5.41, 5.74) is 2.42. The van der Waals surface area contributed by atoms with E-state index < -0.39 is 0 Å². The molecule has 1 aliphatic rings. The first-order valence-electron chi connectivity index (χ1n) is 6.59. The summed E-state index contributed by atoms with van der Waals surface area (Å²) >= 11 is 0. The first-order chi connectivity index (χ1) is 9.18. The summed E-state index contributed by atoms with van der Waals surface area (Å²) in [6.45, 7) is 4.45. The third kappa shape index (κ3) is 1.30. The Morgan fingerprint density at radius 1 is 0.950 bits per heavy atom. The molecule has 0 saturated carbocycles. The van der Waals surface area contributed by atoms with Crippen LogP contribution in [0.1, 0.15) is 19.4 Å². The average Bonchev–Trinajstić information content (AvgIpc) is 2.76. The van der Waals surface area contributed by atoms with Gasteiger partial charge in [-0.25, -0.2) is 0 Å². The molecule has 0 unspecified atom stereocenters. The summed E-state index contributed by atoms with van der Waals surface area (Å²) in [6, 6.07) is 18.2. The Balaban J connectivity index is 0.00000121. The van der Waals surface area contributed by atoms with E-state index in [-0.39, 0.29) is 5.41 Å². The van der Waals surface area contributed by atoms with Crippen LogP contribution in [0.5, 0.6) is 0 Å². The first-order valence-corrected chi connectivity index (χ1v) is 6.59. The summed E-state index contributed by atoms with van der Waals surface area (Å²) < 4.78 is 0. The van der Waals surface area contributed by atoms with Crippen molar-refractivity contribution in [2.45, 2.75) is 19.3 Å². The second kappa shape index (κ2) is 3.67. The molecule has 0 atom stereocenters. The van der Waals surface area contributed by atoms with E-state index in [1.165, 1.54) is 21.7 Å². The molecule has 1 nitrogen and oxygen atoms in total. The molecule has 1 aliphatic heterocycles. The molecule has 1 radical (unpaired) electrons. The zero-order valence-electron chi connectivity index (χ0n) is 11.3. The Hall–Kier alpha value is -3.15. The van der Waals surface area contributed by atoms with Gasteiger partial charge in [-0.2, -0.15) is 0 Å². The monoisotopic (exact) mass is 506 g/mol. The molecular formula is C18H14LrN-. The molecule has 0 aliphatic carbocycles. The SMILES string of the molecule is CC1(C)C=Nc2c1c1ccccc1c1ccc[c-]c21.[Lr]. The number of rotatable bonds is 0. The maximum Gasteiger partial charge on any atom is 0.0181 e. The minimum absolute atomic E-state index is 0. The van der Waals surface area contributed by atoms with Crippen LogP contribution in [0, 0.1) is 6.07 Å². The molecule has 3 aromatic carbocycles. The van der Waals surface area contributed by atoms with E-state index in [1.54, 1.807) is 0 Å². The largest absolute Gasteiger partial charge is 0.308 e. The van der Waals surface area contributed by atoms with Crippen LogP contribution in [-0.4, -0.2) is 6.21 Å². The zero-order valence-corrected chi connectivity index (χ0v) is 13.5. The second-order valence-electron chi connectivity index (χ2n) is 5.71. The van der Waals surface area contributed by atoms with Gasteiger partial charge in [0.25, 0.3) is 0 Å². The first kappa shape index (κ1) is 11.9. The van der Waals surface area contributed by atoms with Crippen LogP contribution >= 0.6 is 0 Å². The number of fused-ring (bicyclic) bond motifs is 6. The third-order valence-corrected chi connectivity index (χ3v) is 3.98. The van der Waals surface area contributed by atoms with Crippen LogP contribution in [0.15, 0.2) is 47.5 Å². The number of benzene rings is 3. The summed E-state index contributed by atoms with van der Waals surface area (Å²) in [5, 5.41) is 4.99. The van der Waals surface area contributed by atoms with Gasteiger partial charge in [0.05, 0.1) is 0 Å². The Labute approximate surface area is 112 Å². The van der Waals surface area contributed by atoms with E-state index >= 15 is 0 Å². The van der Waals surface area contributed by atoms with Crippen molar-refractivity contribution in [2.75, 3.05) is 0 Å². The van der Waals surface area contributed by atoms with Crippen LogP contribution < -0.4 is 0 Å². The fraction of sp³-hybridized carbons (Fsp3) is 0.167. The van der Waals surface area contributed by atoms with E-state index in [0.717, 1.165) is 11.1 Å². The molecular weight excluding hydrogens is 492 g/mol. The van der Waals surface area contributed by atoms with Gasteiger partial charge in [0.2, 0.25) is 0 Å². The molecule has 0 aromatic heterocycles. The minimum atomic E-state index is -0.00713. The molecule has 4 rings (SSSR count). The minimum Gasteiger partial charge on any atom is -0.308 e. The van der Waals surface area contributed by atoms with Crippen LogP contribution in [0.25, 0.3) is 21.5 Å². The Morgan fingerprint density at radius 2 is 1.65 bits per heavy atom. The van der Waals surface area contributed by atoms with E-state index in [2.05, 4.69) is 61.5 Å². The van der Waals surface area contributed by atoms with Gasteiger partial charge in [0.15, 0.2) is 0 Å². The van der Waals surface area contributed by atoms with Crippen molar-refractivity contribution in [1.82, 2.24) is 0 Å². The van der Waals surface area contributed by atoms with Crippen molar-refractivity contribution in [1.29, 1.82) is 0 Å². The topological polar surface area (TPSA) is 12.4 Å². The van der Waals surface area contributed by atoms with Gasteiger partial charge < -0.3 is 4.99 Å². The number of hydrogen-bond donors (Lipinski definition) is 0. The molecule has 0 amide bonds. The van der Waals surface area contributed by atoms with Gasteiger partial charge in [0, 0.05) is 11.6 Å². The average molecular weight is 506 g/mol. The van der Waals surface area contributed by atoms with Crippen molar-refractivity contribution in [3.05, 3.63) is 54.1 Å². The van der Waals surface area contributed by atoms with Gasteiger partial charge in [-0.3, -0.25) is 0 Å². The van der Waals surface area contributed by atoms with Crippen LogP contribution in [-0.2, 0) is 5.41 Å². The van der Waals surface area contributed by atoms with Crippen molar-refractivity contribution in [3.8, 4) is 0 Å². The smallest absolute Gasteiger partial charge is 0.0181 e. The molecule has 1 heterocycles. The van der Waals surface area contributed by atoms with E-state index in [4.69, 9.17) is 0 Å². The predicted molar refractivity (Wildman–Crippen MR) is 81.5 cm³/mol. The Kier molecular flexibility index (Phi) is 2.19. The molecule has 0 fully saturated rings. The van der Waals surface area contributed by atoms with Crippen molar-refractivity contribution >= 4 is 33.4 Å². The fourth-order valence-corrected chi connectivity index (χ4v) is 3.12. The maximum atomic E-state index is 4.67. The molecule has 20 heavy (non-hydrogen) atoms. The fourth-order valence-electron chi connectivity index (χ4n) is 3.12. The van der Waals surface area contributed by atoms with E-state index in [1.807, 2.05) is 12.1 Å². The standard InChI is InChI=1S/C18H14N.Lr/c1-18(2)11-19-17-15-10-6-4-8-13(15)12-7-3-5-9-14(12)16(17)18;/h3-9,11H,1-2H3;/q-1;. The van der Waals surface area contributed by atoms with Gasteiger partial charge in [0.1, 0.15) is 0 Å². The molecule has 107 valence electrons. The molecule has 0 spiro atoms. The van der Waals surface area contributed by atoms with Gasteiger partial charge in [-0.1, -0.05) is 48.9 Å². The maximum absolute atomic E-state index is 4.67. The van der Waals surface area contributed by atoms with Crippen LogP contribution in [0.3, 0.4) is 0 Å². The third-order valence-electron chi connectivity index (χ3n) is 3.98. The normalized spacial score (nSPS) is 15.3. The Bertz CT molecular complexity index is 847. The molecule has 2 heteroatoms. The van der Waals surface area contributed by atoms with E-state index in [0.29, 0.717) is 0 Å². The molecule has 0 N–H and O–H groups in total. The summed E-state index contributed by atoms with van der Waals surface area (Å²) in [4.78, 5) is 4.67. The second-order valence-corrected chi connectivity index (χ2v) is 5.71.